The van der Waals surface area contributed by atoms with Gasteiger partial charge in [0.1, 0.15) is 0 Å². The lowest BCUT2D eigenvalue weighted by Gasteiger charge is -1.97. The number of nitrogens with one attached hydrogen (secondary N) is 1. The molecule has 1 aromatic heterocycles. The molecule has 0 aliphatic heterocycles. The van der Waals surface area contributed by atoms with E-state index in [9.17, 15) is 4.79 Å². The van der Waals surface area contributed by atoms with Gasteiger partial charge in [-0.05, 0) is 24.5 Å². The monoisotopic (exact) mass is 176 g/mol. The van der Waals surface area contributed by atoms with E-state index in [-0.39, 0.29) is 0 Å². The predicted molar refractivity (Wildman–Crippen MR) is 50.5 cm³/mol. The van der Waals surface area contributed by atoms with Crippen LogP contribution in [0.3, 0.4) is 0 Å². The van der Waals surface area contributed by atoms with Gasteiger partial charge in [-0.15, -0.1) is 0 Å². The van der Waals surface area contributed by atoms with Gasteiger partial charge in [-0.25, -0.2) is 4.79 Å². The highest BCUT2D eigenvalue weighted by Crippen LogP contribution is 2.15. The number of aromatic nitrogens is 1. The maximum Gasteiger partial charge on any atom is 0.417 e. The summed E-state index contributed by atoms with van der Waals surface area (Å²) >= 11 is 0. The number of oxazole rings is 1. The van der Waals surface area contributed by atoms with Crippen LogP contribution < -0.4 is 5.76 Å². The van der Waals surface area contributed by atoms with Gasteiger partial charge in [0.25, 0.3) is 0 Å². The lowest BCUT2D eigenvalue weighted by molar-refractivity contribution is 0.555. The van der Waals surface area contributed by atoms with E-state index < -0.39 is 5.76 Å². The van der Waals surface area contributed by atoms with E-state index in [1.165, 1.54) is 0 Å². The molecule has 1 heterocycles. The van der Waals surface area contributed by atoms with Crippen LogP contribution in [0.25, 0.3) is 11.1 Å². The zero-order valence-electron chi connectivity index (χ0n) is 7.17. The highest BCUT2D eigenvalue weighted by atomic mass is 16.4. The van der Waals surface area contributed by atoms with Crippen molar-refractivity contribution in [2.75, 3.05) is 0 Å². The minimum atomic E-state index is -0.397. The van der Waals surface area contributed by atoms with E-state index in [2.05, 4.69) is 11.9 Å². The van der Waals surface area contributed by atoms with Crippen LogP contribution in [0, 0.1) is 6.92 Å². The Labute approximate surface area is 75.4 Å². The van der Waals surface area contributed by atoms with E-state index in [0.717, 1.165) is 23.9 Å². The highest BCUT2D eigenvalue weighted by molar-refractivity contribution is 5.75. The van der Waals surface area contributed by atoms with Crippen molar-refractivity contribution in [1.82, 2.24) is 4.98 Å². The van der Waals surface area contributed by atoms with Crippen molar-refractivity contribution < 1.29 is 4.42 Å². The molecule has 67 valence electrons. The van der Waals surface area contributed by atoms with Crippen molar-refractivity contribution in [2.45, 2.75) is 12.8 Å². The molecule has 1 N–H and O–H groups in total. The van der Waals surface area contributed by atoms with Crippen LogP contribution in [0.2, 0.25) is 0 Å². The number of aromatic amines is 1. The van der Waals surface area contributed by atoms with Gasteiger partial charge in [0.05, 0.1) is 5.52 Å². The molecule has 0 aliphatic rings. The van der Waals surface area contributed by atoms with Crippen LogP contribution >= 0.6 is 0 Å². The van der Waals surface area contributed by atoms with Crippen LogP contribution in [-0.2, 0) is 6.42 Å². The Morgan fingerprint density at radius 2 is 2.31 bits per heavy atom. The second-order valence-electron chi connectivity index (χ2n) is 2.91. The average molecular weight is 176 g/mol. The molecule has 0 spiro atoms. The first-order valence-electron chi connectivity index (χ1n) is 4.21. The summed E-state index contributed by atoms with van der Waals surface area (Å²) in [4.78, 5) is 13.6. The summed E-state index contributed by atoms with van der Waals surface area (Å²) < 4.78 is 4.92. The molecule has 0 saturated heterocycles. The molecule has 0 saturated carbocycles. The molecule has 1 aromatic carbocycles. The molecule has 3 nitrogen and oxygen atoms in total. The third-order valence-corrected chi connectivity index (χ3v) is 1.99. The van der Waals surface area contributed by atoms with Crippen LogP contribution in [0.4, 0.5) is 0 Å². The van der Waals surface area contributed by atoms with Gasteiger partial charge < -0.3 is 4.42 Å². The number of benzene rings is 1. The van der Waals surface area contributed by atoms with E-state index in [4.69, 9.17) is 4.42 Å². The minimum Gasteiger partial charge on any atom is -0.408 e. The quantitative estimate of drug-likeness (QED) is 0.759. The maximum atomic E-state index is 10.9. The highest BCUT2D eigenvalue weighted by Gasteiger charge is 2.04. The molecule has 13 heavy (non-hydrogen) atoms. The molecule has 0 fully saturated rings. The molecular formula is C10H10NO2. The maximum absolute atomic E-state index is 10.9. The summed E-state index contributed by atoms with van der Waals surface area (Å²) in [6.45, 7) is 3.77. The standard InChI is InChI=1S/C10H10NO2/c1-2-4-7-5-3-6-8-9(7)11-10(12)13-8/h3,5-6H,1-2,4H2,(H,11,12). The first kappa shape index (κ1) is 8.10. The van der Waals surface area contributed by atoms with Gasteiger partial charge >= 0.3 is 5.76 Å². The molecule has 0 unspecified atom stereocenters. The first-order valence-corrected chi connectivity index (χ1v) is 4.21. The Balaban J connectivity index is 2.67. The van der Waals surface area contributed by atoms with Crippen molar-refractivity contribution in [3.05, 3.63) is 41.2 Å². The first-order chi connectivity index (χ1) is 6.31. The van der Waals surface area contributed by atoms with E-state index in [1.807, 2.05) is 12.1 Å². The number of hydrogen-bond donors (Lipinski definition) is 1. The zero-order chi connectivity index (χ0) is 9.26. The Hall–Kier alpha value is -1.51. The van der Waals surface area contributed by atoms with Crippen molar-refractivity contribution in [3.63, 3.8) is 0 Å². The number of para-hydroxylation sites is 1. The number of fused-ring (bicyclic) bond motifs is 1. The summed E-state index contributed by atoms with van der Waals surface area (Å²) in [6, 6.07) is 5.63. The summed E-state index contributed by atoms with van der Waals surface area (Å²) in [6.07, 6.45) is 1.67. The van der Waals surface area contributed by atoms with E-state index in [0.29, 0.717) is 5.58 Å². The molecule has 0 bridgehead atoms. The molecule has 0 atom stereocenters. The van der Waals surface area contributed by atoms with Crippen molar-refractivity contribution in [2.24, 2.45) is 0 Å². The molecule has 1 radical (unpaired) electrons. The van der Waals surface area contributed by atoms with Gasteiger partial charge in [-0.2, -0.15) is 0 Å². The van der Waals surface area contributed by atoms with Crippen LogP contribution in [0.15, 0.2) is 27.4 Å². The molecule has 3 heteroatoms. The minimum absolute atomic E-state index is 0.397. The molecule has 2 rings (SSSR count). The fourth-order valence-electron chi connectivity index (χ4n) is 1.43. The molecule has 2 aromatic rings. The third kappa shape index (κ3) is 1.37. The Morgan fingerprint density at radius 1 is 1.46 bits per heavy atom. The largest absolute Gasteiger partial charge is 0.417 e. The zero-order valence-corrected chi connectivity index (χ0v) is 7.17. The lowest BCUT2D eigenvalue weighted by atomic mass is 10.1. The number of rotatable bonds is 2. The summed E-state index contributed by atoms with van der Waals surface area (Å²) in [5.74, 6) is -0.397. The van der Waals surface area contributed by atoms with E-state index >= 15 is 0 Å². The van der Waals surface area contributed by atoms with Crippen LogP contribution in [-0.4, -0.2) is 4.98 Å². The number of H-pyrrole nitrogens is 1. The normalized spacial score (nSPS) is 10.8. The summed E-state index contributed by atoms with van der Waals surface area (Å²) in [5, 5.41) is 0. The summed E-state index contributed by atoms with van der Waals surface area (Å²) in [7, 11) is 0. The van der Waals surface area contributed by atoms with Crippen LogP contribution in [0.1, 0.15) is 12.0 Å². The Bertz CT molecular complexity index is 467. The molecule has 0 amide bonds. The Morgan fingerprint density at radius 3 is 3.08 bits per heavy atom. The van der Waals surface area contributed by atoms with E-state index in [1.54, 1.807) is 6.07 Å². The fourth-order valence-corrected chi connectivity index (χ4v) is 1.43. The van der Waals surface area contributed by atoms with Crippen molar-refractivity contribution in [3.8, 4) is 0 Å². The second kappa shape index (κ2) is 3.09. The van der Waals surface area contributed by atoms with Gasteiger partial charge in [-0.1, -0.05) is 19.1 Å². The SMILES string of the molecule is [CH2]CCc1cccc2oc(=O)[nH]c12. The number of hydrogen-bond acceptors (Lipinski definition) is 2. The smallest absolute Gasteiger partial charge is 0.408 e. The summed E-state index contributed by atoms with van der Waals surface area (Å²) in [5.41, 5.74) is 2.51. The third-order valence-electron chi connectivity index (χ3n) is 1.99. The lowest BCUT2D eigenvalue weighted by Crippen LogP contribution is -1.94. The van der Waals surface area contributed by atoms with Crippen LogP contribution in [0.5, 0.6) is 0 Å². The Kier molecular flexibility index (Phi) is 1.93. The topological polar surface area (TPSA) is 46.0 Å². The predicted octanol–water partition coefficient (Wildman–Crippen LogP) is 1.89. The van der Waals surface area contributed by atoms with Gasteiger partial charge in [0.2, 0.25) is 0 Å². The average Bonchev–Trinajstić information content (AvgIpc) is 2.47. The van der Waals surface area contributed by atoms with Gasteiger partial charge in [0.15, 0.2) is 5.58 Å². The number of aryl methyl sites for hydroxylation is 1. The molecule has 0 aliphatic carbocycles. The van der Waals surface area contributed by atoms with Crippen molar-refractivity contribution in [1.29, 1.82) is 0 Å². The van der Waals surface area contributed by atoms with Crippen molar-refractivity contribution >= 4 is 11.1 Å². The fraction of sp³-hybridized carbons (Fsp3) is 0.200. The van der Waals surface area contributed by atoms with Gasteiger partial charge in [0, 0.05) is 0 Å². The van der Waals surface area contributed by atoms with Gasteiger partial charge in [-0.3, -0.25) is 4.98 Å². The molecular weight excluding hydrogens is 166 g/mol. The second-order valence-corrected chi connectivity index (χ2v) is 2.91.